The van der Waals surface area contributed by atoms with Gasteiger partial charge in [0.05, 0.1) is 24.2 Å². The second-order valence-electron chi connectivity index (χ2n) is 12.2. The van der Waals surface area contributed by atoms with Crippen molar-refractivity contribution in [1.29, 1.82) is 0 Å². The number of ether oxygens (including phenoxy) is 1. The average molecular weight is 734 g/mol. The van der Waals surface area contributed by atoms with Crippen molar-refractivity contribution in [3.63, 3.8) is 0 Å². The van der Waals surface area contributed by atoms with Crippen molar-refractivity contribution in [2.24, 2.45) is 4.99 Å². The summed E-state index contributed by atoms with van der Waals surface area (Å²) in [6.45, 7) is 1.38. The maximum atomic E-state index is 15.4. The Morgan fingerprint density at radius 2 is 1.57 bits per heavy atom. The molecule has 0 bridgehead atoms. The Bertz CT molecular complexity index is 1890. The van der Waals surface area contributed by atoms with Crippen molar-refractivity contribution >= 4 is 35.3 Å². The molecule has 0 spiro atoms. The maximum Gasteiger partial charge on any atom is 0.416 e. The van der Waals surface area contributed by atoms with Gasteiger partial charge < -0.3 is 20.0 Å². The number of aliphatic carboxylic acids is 1. The Balaban J connectivity index is 0.00000504. The molecule has 1 N–H and O–H groups in total. The van der Waals surface area contributed by atoms with Crippen molar-refractivity contribution < 1.29 is 49.9 Å². The van der Waals surface area contributed by atoms with Crippen LogP contribution in [0.4, 0.5) is 14.9 Å². The third-order valence-electron chi connectivity index (χ3n) is 8.98. The Kier molecular flexibility index (Phi) is 12.5. The van der Waals surface area contributed by atoms with Crippen LogP contribution in [0, 0.1) is 5.82 Å². The van der Waals surface area contributed by atoms with Gasteiger partial charge in [-0.25, -0.2) is 18.9 Å². The van der Waals surface area contributed by atoms with Gasteiger partial charge in [0, 0.05) is 40.9 Å². The van der Waals surface area contributed by atoms with E-state index in [0.29, 0.717) is 29.8 Å². The zero-order valence-electron chi connectivity index (χ0n) is 27.5. The molecule has 0 unspecified atom stereocenters. The van der Waals surface area contributed by atoms with Crippen molar-refractivity contribution in [3.05, 3.63) is 143 Å². The second kappa shape index (κ2) is 17.2. The Morgan fingerprint density at radius 3 is 2.25 bits per heavy atom. The van der Waals surface area contributed by atoms with Gasteiger partial charge in [-0.1, -0.05) is 103 Å². The summed E-state index contributed by atoms with van der Waals surface area (Å²) in [7, 11) is 0. The monoisotopic (exact) mass is 733 g/mol. The number of cyclic esters (lactones) is 1. The third-order valence-corrected chi connectivity index (χ3v) is 8.98. The molecule has 0 radical (unpaired) electrons. The van der Waals surface area contributed by atoms with E-state index in [1.54, 1.807) is 60.7 Å². The van der Waals surface area contributed by atoms with E-state index in [1.165, 1.54) is 18.2 Å². The van der Waals surface area contributed by atoms with Crippen LogP contribution in [0.5, 0.6) is 0 Å². The van der Waals surface area contributed by atoms with Gasteiger partial charge in [0.1, 0.15) is 12.4 Å². The molecule has 2 saturated heterocycles. The van der Waals surface area contributed by atoms with Gasteiger partial charge in [0.2, 0.25) is 5.91 Å². The van der Waals surface area contributed by atoms with Crippen LogP contribution in [0.3, 0.4) is 0 Å². The van der Waals surface area contributed by atoms with Gasteiger partial charge in [-0.3, -0.25) is 14.7 Å². The molecule has 0 aromatic heterocycles. The van der Waals surface area contributed by atoms with Gasteiger partial charge in [0.15, 0.2) is 6.04 Å². The van der Waals surface area contributed by atoms with Crippen molar-refractivity contribution in [1.82, 2.24) is 9.80 Å². The minimum Gasteiger partial charge on any atom is -0.625 e. The van der Waals surface area contributed by atoms with E-state index in [0.717, 1.165) is 23.4 Å². The van der Waals surface area contributed by atoms with Crippen LogP contribution >= 0.6 is 0 Å². The molecular weight excluding hydrogens is 698 g/mol. The van der Waals surface area contributed by atoms with Crippen LogP contribution in [0.25, 0.3) is 5.32 Å². The van der Waals surface area contributed by atoms with Gasteiger partial charge >= 0.3 is 12.1 Å². The Morgan fingerprint density at radius 1 is 0.902 bits per heavy atom. The predicted octanol–water partition coefficient (Wildman–Crippen LogP) is 6.46. The first kappa shape index (κ1) is 37.1. The number of nitrogens with zero attached hydrogens (tertiary/aromatic N) is 4. The molecule has 12 heteroatoms. The normalized spacial score (nSPS) is 17.3. The van der Waals surface area contributed by atoms with Gasteiger partial charge in [-0.15, -0.1) is 5.69 Å². The van der Waals surface area contributed by atoms with E-state index in [4.69, 9.17) is 9.73 Å². The molecule has 6 rings (SSSR count). The first-order valence-corrected chi connectivity index (χ1v) is 16.5. The number of aliphatic imine (C=N–C) groups is 1. The first-order chi connectivity index (χ1) is 24.3. The molecule has 3 atom stereocenters. The molecule has 0 aliphatic carbocycles. The van der Waals surface area contributed by atoms with Crippen LogP contribution < -0.4 is 0 Å². The zero-order valence-corrected chi connectivity index (χ0v) is 28.5. The molecule has 2 fully saturated rings. The largest absolute Gasteiger partial charge is 0.625 e. The van der Waals surface area contributed by atoms with Gasteiger partial charge in [0.25, 0.3) is 0 Å². The topological polar surface area (TPSA) is 131 Å². The summed E-state index contributed by atoms with van der Waals surface area (Å²) in [5.74, 6) is -4.45. The molecule has 2 aliphatic heterocycles. The van der Waals surface area contributed by atoms with E-state index in [1.807, 2.05) is 30.3 Å². The number of carbonyl (C=O) groups is 4. The smallest absolute Gasteiger partial charge is 0.416 e. The summed E-state index contributed by atoms with van der Waals surface area (Å²) in [6.07, 6.45) is 0.138. The van der Waals surface area contributed by atoms with Gasteiger partial charge in [-0.05, 0) is 42.1 Å². The van der Waals surface area contributed by atoms with E-state index < -0.39 is 48.2 Å². The molecule has 10 nitrogen and oxygen atoms in total. The number of rotatable bonds is 12. The quantitative estimate of drug-likeness (QED) is 0.131. The minimum absolute atomic E-state index is 0. The predicted molar refractivity (Wildman–Crippen MR) is 185 cm³/mol. The number of halogens is 1. The van der Waals surface area contributed by atoms with E-state index in [2.05, 4.69) is 10.2 Å². The molecule has 0 saturated carbocycles. The number of amides is 3. The van der Waals surface area contributed by atoms with E-state index in [-0.39, 0.29) is 46.8 Å². The standard InChI is InChI=1S/C39H37FN4O6.Ni/c40-31-18-9-7-16-28(31)30(24-34(45)44-22-23-50-39(44)49)36(38(47)48)42-35(27-14-5-2-6-15-27)29-17-8-10-19-32(29)41-37(46)33-20-11-21-43(33)25-26-12-3-1-4-13-26;/h1-10,12-19,30,33,36H,11,20-25H2,(H2,41,42,46,47,48);/p-1/t30-,33-,36+;/m0./s1. The number of carboxylic acid groups (broad SMARTS) is 1. The SMILES string of the molecule is O=C(O)[C@H](N=C(c1ccccc1)c1ccccc1[N-]C(=O)[C@@H]1CCCN1Cc1ccccc1)[C@@H](CC(=O)N1CCOC1=O)c1ccccc1F.[Ni]. The molecule has 2 aliphatic rings. The molecule has 2 heterocycles. The summed E-state index contributed by atoms with van der Waals surface area (Å²) in [6, 6.07) is 29.1. The number of hydrogen-bond acceptors (Lipinski definition) is 7. The maximum absolute atomic E-state index is 15.4. The fourth-order valence-corrected chi connectivity index (χ4v) is 6.52. The van der Waals surface area contributed by atoms with Crippen molar-refractivity contribution in [2.75, 3.05) is 19.7 Å². The summed E-state index contributed by atoms with van der Waals surface area (Å²) in [5, 5.41) is 15.2. The number of carbonyl (C=O) groups excluding carboxylic acids is 3. The van der Waals surface area contributed by atoms with Crippen LogP contribution in [-0.2, 0) is 42.2 Å². The van der Waals surface area contributed by atoms with Gasteiger partial charge in [-0.2, -0.15) is 0 Å². The van der Waals surface area contributed by atoms with Crippen molar-refractivity contribution in [2.45, 2.75) is 43.8 Å². The summed E-state index contributed by atoms with van der Waals surface area (Å²) in [4.78, 5) is 60.2. The Hall–Kier alpha value is -5.19. The van der Waals surface area contributed by atoms with Crippen LogP contribution in [0.15, 0.2) is 114 Å². The van der Waals surface area contributed by atoms with Crippen LogP contribution in [0.1, 0.15) is 47.4 Å². The number of benzene rings is 4. The zero-order chi connectivity index (χ0) is 35.0. The third kappa shape index (κ3) is 8.76. The minimum atomic E-state index is -1.68. The summed E-state index contributed by atoms with van der Waals surface area (Å²) < 4.78 is 20.3. The molecule has 266 valence electrons. The number of likely N-dealkylation sites (tertiary alicyclic amines) is 1. The van der Waals surface area contributed by atoms with Crippen LogP contribution in [-0.4, -0.2) is 76.3 Å². The first-order valence-electron chi connectivity index (χ1n) is 16.5. The summed E-state index contributed by atoms with van der Waals surface area (Å²) >= 11 is 0. The molecule has 4 aromatic carbocycles. The fraction of sp³-hybridized carbons (Fsp3) is 0.256. The molecule has 51 heavy (non-hydrogen) atoms. The number of carboxylic acids is 1. The van der Waals surface area contributed by atoms with E-state index >= 15 is 4.39 Å². The average Bonchev–Trinajstić information content (AvgIpc) is 3.78. The molecule has 4 aromatic rings. The number of imide groups is 1. The number of para-hydroxylation sites is 1. The molecular formula is C39H36FN4NiO6-. The van der Waals surface area contributed by atoms with Crippen molar-refractivity contribution in [3.8, 4) is 0 Å². The second-order valence-corrected chi connectivity index (χ2v) is 12.2. The number of hydrogen-bond donors (Lipinski definition) is 1. The summed E-state index contributed by atoms with van der Waals surface area (Å²) in [5.41, 5.74) is 2.48. The van der Waals surface area contributed by atoms with E-state index in [9.17, 15) is 24.3 Å². The Labute approximate surface area is 305 Å². The fourth-order valence-electron chi connectivity index (χ4n) is 6.52. The van der Waals surface area contributed by atoms with Crippen LogP contribution in [0.2, 0.25) is 0 Å². The molecule has 3 amide bonds.